The standard InChI is InChI=1S/C15H18BrN3O/c1-2-7-20-14-5-3-11(4-6-14)15(19-17)12-8-13(16)10-18-9-12/h3-6,8-10,15,19H,2,7,17H2,1H3. The minimum absolute atomic E-state index is 0.0970. The maximum Gasteiger partial charge on any atom is 0.119 e. The van der Waals surface area contributed by atoms with Crippen LogP contribution in [0.3, 0.4) is 0 Å². The largest absolute Gasteiger partial charge is 0.494 e. The molecule has 20 heavy (non-hydrogen) atoms. The van der Waals surface area contributed by atoms with Crippen LogP contribution in [-0.4, -0.2) is 11.6 Å². The molecule has 0 aliphatic rings. The normalized spacial score (nSPS) is 12.2. The molecule has 1 atom stereocenters. The summed E-state index contributed by atoms with van der Waals surface area (Å²) in [6.07, 6.45) is 4.55. The molecule has 3 N–H and O–H groups in total. The second-order valence-electron chi connectivity index (χ2n) is 4.45. The Morgan fingerprint density at radius 1 is 1.25 bits per heavy atom. The SMILES string of the molecule is CCCOc1ccc(C(NN)c2cncc(Br)c2)cc1. The fourth-order valence-corrected chi connectivity index (χ4v) is 2.33. The Labute approximate surface area is 127 Å². The fraction of sp³-hybridized carbons (Fsp3) is 0.267. The van der Waals surface area contributed by atoms with Gasteiger partial charge in [0.25, 0.3) is 0 Å². The quantitative estimate of drug-likeness (QED) is 0.628. The molecule has 1 heterocycles. The van der Waals surface area contributed by atoms with Crippen molar-refractivity contribution >= 4 is 15.9 Å². The van der Waals surface area contributed by atoms with Crippen molar-refractivity contribution in [2.75, 3.05) is 6.61 Å². The lowest BCUT2D eigenvalue weighted by molar-refractivity contribution is 0.317. The van der Waals surface area contributed by atoms with Crippen LogP contribution >= 0.6 is 15.9 Å². The highest BCUT2D eigenvalue weighted by atomic mass is 79.9. The van der Waals surface area contributed by atoms with Gasteiger partial charge in [-0.2, -0.15) is 0 Å². The zero-order chi connectivity index (χ0) is 14.4. The minimum Gasteiger partial charge on any atom is -0.494 e. The number of ether oxygens (including phenoxy) is 1. The van der Waals surface area contributed by atoms with E-state index in [-0.39, 0.29) is 6.04 Å². The van der Waals surface area contributed by atoms with Gasteiger partial charge in [-0.15, -0.1) is 0 Å². The highest BCUT2D eigenvalue weighted by molar-refractivity contribution is 9.10. The summed E-state index contributed by atoms with van der Waals surface area (Å²) >= 11 is 3.42. The number of nitrogens with zero attached hydrogens (tertiary/aromatic N) is 1. The molecule has 0 aliphatic heterocycles. The van der Waals surface area contributed by atoms with Crippen molar-refractivity contribution in [2.24, 2.45) is 5.84 Å². The van der Waals surface area contributed by atoms with Gasteiger partial charge in [-0.3, -0.25) is 10.8 Å². The van der Waals surface area contributed by atoms with Crippen molar-refractivity contribution in [1.82, 2.24) is 10.4 Å². The summed E-state index contributed by atoms with van der Waals surface area (Å²) in [5.74, 6) is 6.55. The van der Waals surface area contributed by atoms with Gasteiger partial charge in [0.2, 0.25) is 0 Å². The summed E-state index contributed by atoms with van der Waals surface area (Å²) in [7, 11) is 0. The highest BCUT2D eigenvalue weighted by Crippen LogP contribution is 2.24. The van der Waals surface area contributed by atoms with Gasteiger partial charge in [-0.05, 0) is 51.7 Å². The molecule has 2 aromatic rings. The first-order chi connectivity index (χ1) is 9.74. The molecular formula is C15H18BrN3O. The Balaban J connectivity index is 2.19. The van der Waals surface area contributed by atoms with Gasteiger partial charge in [0.1, 0.15) is 5.75 Å². The van der Waals surface area contributed by atoms with Crippen LogP contribution in [-0.2, 0) is 0 Å². The average Bonchev–Trinajstić information content (AvgIpc) is 2.47. The van der Waals surface area contributed by atoms with E-state index in [4.69, 9.17) is 10.6 Å². The maximum atomic E-state index is 5.68. The number of hydrogen-bond donors (Lipinski definition) is 2. The summed E-state index contributed by atoms with van der Waals surface area (Å²) in [6, 6.07) is 9.84. The van der Waals surface area contributed by atoms with Gasteiger partial charge in [-0.25, -0.2) is 5.43 Å². The molecule has 0 radical (unpaired) electrons. The van der Waals surface area contributed by atoms with Gasteiger partial charge < -0.3 is 4.74 Å². The van der Waals surface area contributed by atoms with E-state index in [1.165, 1.54) is 0 Å². The Morgan fingerprint density at radius 2 is 2.00 bits per heavy atom. The lowest BCUT2D eigenvalue weighted by Crippen LogP contribution is -2.28. The first-order valence-corrected chi connectivity index (χ1v) is 7.33. The smallest absolute Gasteiger partial charge is 0.119 e. The van der Waals surface area contributed by atoms with Gasteiger partial charge in [-0.1, -0.05) is 19.1 Å². The molecule has 4 nitrogen and oxygen atoms in total. The van der Waals surface area contributed by atoms with Gasteiger partial charge in [0.15, 0.2) is 0 Å². The zero-order valence-corrected chi connectivity index (χ0v) is 12.9. The van der Waals surface area contributed by atoms with Crippen LogP contribution in [0.2, 0.25) is 0 Å². The molecule has 0 saturated heterocycles. The summed E-state index contributed by atoms with van der Waals surface area (Å²) in [5, 5.41) is 0. The number of hydrazine groups is 1. The molecule has 2 rings (SSSR count). The predicted octanol–water partition coefficient (Wildman–Crippen LogP) is 3.19. The van der Waals surface area contributed by atoms with E-state index in [2.05, 4.69) is 33.3 Å². The molecule has 0 fully saturated rings. The molecule has 106 valence electrons. The Kier molecular flexibility index (Phi) is 5.52. The number of nitrogens with one attached hydrogen (secondary N) is 1. The highest BCUT2D eigenvalue weighted by Gasteiger charge is 2.13. The van der Waals surface area contributed by atoms with Crippen LogP contribution in [0, 0.1) is 0 Å². The van der Waals surface area contributed by atoms with E-state index in [0.717, 1.165) is 34.4 Å². The molecule has 1 unspecified atom stereocenters. The zero-order valence-electron chi connectivity index (χ0n) is 11.3. The molecule has 0 saturated carbocycles. The monoisotopic (exact) mass is 335 g/mol. The maximum absolute atomic E-state index is 5.68. The minimum atomic E-state index is -0.0970. The second kappa shape index (κ2) is 7.38. The lowest BCUT2D eigenvalue weighted by Gasteiger charge is -2.17. The Hall–Kier alpha value is -1.43. The van der Waals surface area contributed by atoms with Crippen LogP contribution in [0.5, 0.6) is 5.75 Å². The molecule has 1 aromatic carbocycles. The van der Waals surface area contributed by atoms with Crippen molar-refractivity contribution in [1.29, 1.82) is 0 Å². The molecule has 1 aromatic heterocycles. The van der Waals surface area contributed by atoms with Gasteiger partial charge in [0.05, 0.1) is 12.6 Å². The second-order valence-corrected chi connectivity index (χ2v) is 5.37. The molecule has 0 aliphatic carbocycles. The van der Waals surface area contributed by atoms with Crippen LogP contribution in [0.25, 0.3) is 0 Å². The summed E-state index contributed by atoms with van der Waals surface area (Å²) in [6.45, 7) is 2.82. The van der Waals surface area contributed by atoms with Crippen molar-refractivity contribution < 1.29 is 4.74 Å². The Bertz CT molecular complexity index is 545. The number of aromatic nitrogens is 1. The van der Waals surface area contributed by atoms with Gasteiger partial charge in [0, 0.05) is 16.9 Å². The van der Waals surface area contributed by atoms with E-state index in [0.29, 0.717) is 0 Å². The first kappa shape index (κ1) is 15.0. The predicted molar refractivity (Wildman–Crippen MR) is 83.3 cm³/mol. The van der Waals surface area contributed by atoms with Crippen LogP contribution in [0.1, 0.15) is 30.5 Å². The molecule has 0 spiro atoms. The van der Waals surface area contributed by atoms with Gasteiger partial charge >= 0.3 is 0 Å². The third-order valence-electron chi connectivity index (χ3n) is 2.91. The van der Waals surface area contributed by atoms with Crippen LogP contribution in [0.15, 0.2) is 47.2 Å². The lowest BCUT2D eigenvalue weighted by atomic mass is 10.0. The number of benzene rings is 1. The Morgan fingerprint density at radius 3 is 2.60 bits per heavy atom. The van der Waals surface area contributed by atoms with Crippen LogP contribution in [0.4, 0.5) is 0 Å². The average molecular weight is 336 g/mol. The van der Waals surface area contributed by atoms with Crippen molar-refractivity contribution in [3.8, 4) is 5.75 Å². The topological polar surface area (TPSA) is 60.2 Å². The molecular weight excluding hydrogens is 318 g/mol. The van der Waals surface area contributed by atoms with E-state index < -0.39 is 0 Å². The van der Waals surface area contributed by atoms with E-state index in [9.17, 15) is 0 Å². The van der Waals surface area contributed by atoms with E-state index >= 15 is 0 Å². The number of rotatable bonds is 6. The summed E-state index contributed by atoms with van der Waals surface area (Å²) in [5.41, 5.74) is 4.89. The third kappa shape index (κ3) is 3.79. The van der Waals surface area contributed by atoms with Crippen LogP contribution < -0.4 is 16.0 Å². The molecule has 5 heteroatoms. The molecule has 0 bridgehead atoms. The van der Waals surface area contributed by atoms with Crippen molar-refractivity contribution in [2.45, 2.75) is 19.4 Å². The summed E-state index contributed by atoms with van der Waals surface area (Å²) < 4.78 is 6.51. The van der Waals surface area contributed by atoms with Crippen molar-refractivity contribution in [3.05, 3.63) is 58.3 Å². The summed E-state index contributed by atoms with van der Waals surface area (Å²) in [4.78, 5) is 4.17. The fourth-order valence-electron chi connectivity index (χ4n) is 1.95. The number of halogens is 1. The number of hydrogen-bond acceptors (Lipinski definition) is 4. The van der Waals surface area contributed by atoms with Crippen molar-refractivity contribution in [3.63, 3.8) is 0 Å². The number of pyridine rings is 1. The first-order valence-electron chi connectivity index (χ1n) is 6.54. The van der Waals surface area contributed by atoms with E-state index in [1.54, 1.807) is 12.4 Å². The van der Waals surface area contributed by atoms with E-state index in [1.807, 2.05) is 30.3 Å². The molecule has 0 amide bonds. The third-order valence-corrected chi connectivity index (χ3v) is 3.35. The number of nitrogens with two attached hydrogens (primary N) is 1.